The summed E-state index contributed by atoms with van der Waals surface area (Å²) in [5, 5.41) is 4.80. The summed E-state index contributed by atoms with van der Waals surface area (Å²) in [5.41, 5.74) is 2.34. The molecular formula is C24H21NOS2. The second kappa shape index (κ2) is 7.90. The van der Waals surface area contributed by atoms with Crippen LogP contribution in [0.4, 0.5) is 4.79 Å². The lowest BCUT2D eigenvalue weighted by atomic mass is 9.94. The average molecular weight is 404 g/mol. The minimum absolute atomic E-state index is 0.0301. The van der Waals surface area contributed by atoms with Crippen LogP contribution in [-0.2, 0) is 0 Å². The van der Waals surface area contributed by atoms with Gasteiger partial charge in [-0.05, 0) is 51.7 Å². The van der Waals surface area contributed by atoms with Crippen LogP contribution in [0, 0.1) is 0 Å². The van der Waals surface area contributed by atoms with Crippen molar-refractivity contribution in [3.05, 3.63) is 72.8 Å². The Morgan fingerprint density at radius 3 is 1.75 bits per heavy atom. The molecule has 0 saturated heterocycles. The van der Waals surface area contributed by atoms with Crippen LogP contribution >= 0.6 is 23.5 Å². The molecule has 0 aromatic heterocycles. The highest BCUT2D eigenvalue weighted by atomic mass is 32.2. The van der Waals surface area contributed by atoms with Gasteiger partial charge in [-0.3, -0.25) is 4.79 Å². The van der Waals surface area contributed by atoms with Gasteiger partial charge in [0.2, 0.25) is 0 Å². The second-order valence-electron chi connectivity index (χ2n) is 6.79. The molecule has 0 heterocycles. The van der Waals surface area contributed by atoms with Gasteiger partial charge in [0.05, 0.1) is 0 Å². The molecule has 0 N–H and O–H groups in total. The standard InChI is InChI=1S/C24H21NOS2/c1-25(2)24(26)28-21-15-13-17-9-5-7-11-19(17)23(21)22-18-10-6-4-8-16(18)12-14-20(22)27-3/h4-15H,1-3H3. The number of nitrogens with zero attached hydrogens (tertiary/aromatic N) is 1. The molecule has 0 aliphatic carbocycles. The monoisotopic (exact) mass is 403 g/mol. The Hall–Kier alpha value is -2.43. The van der Waals surface area contributed by atoms with Crippen molar-refractivity contribution >= 4 is 50.3 Å². The fraction of sp³-hybridized carbons (Fsp3) is 0.125. The van der Waals surface area contributed by atoms with E-state index in [2.05, 4.69) is 79.1 Å². The lowest BCUT2D eigenvalue weighted by Crippen LogP contribution is -2.16. The number of rotatable bonds is 3. The SMILES string of the molecule is CSc1ccc2ccccc2c1-c1c(SC(=O)N(C)C)ccc2ccccc12. The molecule has 28 heavy (non-hydrogen) atoms. The summed E-state index contributed by atoms with van der Waals surface area (Å²) in [7, 11) is 3.59. The molecule has 0 bridgehead atoms. The van der Waals surface area contributed by atoms with E-state index in [4.69, 9.17) is 0 Å². The third-order valence-electron chi connectivity index (χ3n) is 4.81. The number of hydrogen-bond acceptors (Lipinski definition) is 3. The average Bonchev–Trinajstić information content (AvgIpc) is 2.73. The van der Waals surface area contributed by atoms with Crippen molar-refractivity contribution in [2.24, 2.45) is 0 Å². The van der Waals surface area contributed by atoms with Crippen molar-refractivity contribution in [3.8, 4) is 11.1 Å². The molecule has 0 aliphatic rings. The van der Waals surface area contributed by atoms with E-state index in [0.717, 1.165) is 10.5 Å². The molecule has 140 valence electrons. The smallest absolute Gasteiger partial charge is 0.285 e. The second-order valence-corrected chi connectivity index (χ2v) is 8.63. The minimum Gasteiger partial charge on any atom is -0.339 e. The van der Waals surface area contributed by atoms with E-state index >= 15 is 0 Å². The summed E-state index contributed by atoms with van der Waals surface area (Å²) < 4.78 is 0. The summed E-state index contributed by atoms with van der Waals surface area (Å²) >= 11 is 3.04. The van der Waals surface area contributed by atoms with Gasteiger partial charge in [0.1, 0.15) is 0 Å². The van der Waals surface area contributed by atoms with E-state index in [0.29, 0.717) is 0 Å². The number of amides is 1. The van der Waals surface area contributed by atoms with E-state index in [-0.39, 0.29) is 5.24 Å². The van der Waals surface area contributed by atoms with Crippen molar-refractivity contribution in [3.63, 3.8) is 0 Å². The molecule has 0 aliphatic heterocycles. The number of fused-ring (bicyclic) bond motifs is 2. The largest absolute Gasteiger partial charge is 0.339 e. The van der Waals surface area contributed by atoms with Crippen LogP contribution in [0.3, 0.4) is 0 Å². The number of benzene rings is 4. The van der Waals surface area contributed by atoms with Gasteiger partial charge in [0, 0.05) is 35.0 Å². The Kier molecular flexibility index (Phi) is 5.33. The fourth-order valence-electron chi connectivity index (χ4n) is 3.46. The number of carbonyl (C=O) groups excluding carboxylic acids is 1. The van der Waals surface area contributed by atoms with Crippen molar-refractivity contribution in [2.45, 2.75) is 9.79 Å². The topological polar surface area (TPSA) is 20.3 Å². The molecule has 0 atom stereocenters. The first-order valence-electron chi connectivity index (χ1n) is 9.07. The van der Waals surface area contributed by atoms with Crippen LogP contribution in [0.2, 0.25) is 0 Å². The maximum absolute atomic E-state index is 12.5. The zero-order valence-electron chi connectivity index (χ0n) is 16.1. The number of hydrogen-bond donors (Lipinski definition) is 0. The van der Waals surface area contributed by atoms with E-state index in [1.807, 2.05) is 0 Å². The highest BCUT2D eigenvalue weighted by Gasteiger charge is 2.19. The van der Waals surface area contributed by atoms with E-state index < -0.39 is 0 Å². The van der Waals surface area contributed by atoms with E-state index in [9.17, 15) is 4.79 Å². The maximum Gasteiger partial charge on any atom is 0.285 e. The van der Waals surface area contributed by atoms with Gasteiger partial charge in [-0.15, -0.1) is 11.8 Å². The zero-order chi connectivity index (χ0) is 19.7. The first kappa shape index (κ1) is 18.9. The Morgan fingerprint density at radius 2 is 1.21 bits per heavy atom. The Balaban J connectivity index is 2.10. The van der Waals surface area contributed by atoms with Crippen molar-refractivity contribution in [1.29, 1.82) is 0 Å². The maximum atomic E-state index is 12.5. The van der Waals surface area contributed by atoms with Crippen LogP contribution < -0.4 is 0 Å². The quantitative estimate of drug-likeness (QED) is 0.339. The normalized spacial score (nSPS) is 11.1. The molecule has 0 radical (unpaired) electrons. The van der Waals surface area contributed by atoms with Crippen molar-refractivity contribution in [2.75, 3.05) is 20.4 Å². The zero-order valence-corrected chi connectivity index (χ0v) is 17.7. The molecule has 4 aromatic carbocycles. The highest BCUT2D eigenvalue weighted by Crippen LogP contribution is 2.45. The molecule has 2 nitrogen and oxygen atoms in total. The summed E-state index contributed by atoms with van der Waals surface area (Å²) in [5.74, 6) is 0. The van der Waals surface area contributed by atoms with Gasteiger partial charge in [0.15, 0.2) is 0 Å². The van der Waals surface area contributed by atoms with Crippen molar-refractivity contribution < 1.29 is 4.79 Å². The molecule has 0 unspecified atom stereocenters. The van der Waals surface area contributed by atoms with E-state index in [1.165, 1.54) is 43.8 Å². The summed E-state index contributed by atoms with van der Waals surface area (Å²) in [4.78, 5) is 16.4. The van der Waals surface area contributed by atoms with Gasteiger partial charge < -0.3 is 4.90 Å². The first-order chi connectivity index (χ1) is 13.6. The van der Waals surface area contributed by atoms with Gasteiger partial charge in [-0.25, -0.2) is 0 Å². The van der Waals surface area contributed by atoms with Crippen LogP contribution in [0.1, 0.15) is 0 Å². The summed E-state index contributed by atoms with van der Waals surface area (Å²) in [6, 6.07) is 25.4. The Labute approximate surface area is 173 Å². The number of carbonyl (C=O) groups is 1. The van der Waals surface area contributed by atoms with Gasteiger partial charge in [-0.1, -0.05) is 60.7 Å². The molecule has 0 fully saturated rings. The van der Waals surface area contributed by atoms with Crippen LogP contribution in [0.25, 0.3) is 32.7 Å². The van der Waals surface area contributed by atoms with Gasteiger partial charge in [0.25, 0.3) is 5.24 Å². The van der Waals surface area contributed by atoms with Crippen molar-refractivity contribution in [1.82, 2.24) is 4.90 Å². The minimum atomic E-state index is 0.0301. The van der Waals surface area contributed by atoms with Crippen LogP contribution in [0.5, 0.6) is 0 Å². The predicted molar refractivity (Wildman–Crippen MR) is 124 cm³/mol. The van der Waals surface area contributed by atoms with Gasteiger partial charge >= 0.3 is 0 Å². The highest BCUT2D eigenvalue weighted by molar-refractivity contribution is 8.13. The number of thioether (sulfide) groups is 2. The third kappa shape index (κ3) is 3.38. The summed E-state index contributed by atoms with van der Waals surface area (Å²) in [6.07, 6.45) is 2.11. The molecule has 4 aromatic rings. The Morgan fingerprint density at radius 1 is 0.714 bits per heavy atom. The fourth-order valence-corrected chi connectivity index (χ4v) is 4.90. The lowest BCUT2D eigenvalue weighted by molar-refractivity contribution is 0.241. The molecular weight excluding hydrogens is 382 g/mol. The molecule has 0 saturated carbocycles. The molecule has 4 rings (SSSR count). The first-order valence-corrected chi connectivity index (χ1v) is 11.1. The van der Waals surface area contributed by atoms with Gasteiger partial charge in [-0.2, -0.15) is 0 Å². The summed E-state index contributed by atoms with van der Waals surface area (Å²) in [6.45, 7) is 0. The molecule has 4 heteroatoms. The Bertz CT molecular complexity index is 1180. The molecule has 0 spiro atoms. The molecule has 1 amide bonds. The third-order valence-corrected chi connectivity index (χ3v) is 6.69. The van der Waals surface area contributed by atoms with E-state index in [1.54, 1.807) is 30.8 Å². The van der Waals surface area contributed by atoms with Crippen LogP contribution in [0.15, 0.2) is 82.6 Å². The predicted octanol–water partition coefficient (Wildman–Crippen LogP) is 7.16. The lowest BCUT2D eigenvalue weighted by Gasteiger charge is -2.19. The van der Waals surface area contributed by atoms with Crippen LogP contribution in [-0.4, -0.2) is 30.5 Å².